The van der Waals surface area contributed by atoms with Crippen molar-refractivity contribution in [1.82, 2.24) is 4.90 Å². The van der Waals surface area contributed by atoms with Crippen molar-refractivity contribution in [3.63, 3.8) is 0 Å². The average Bonchev–Trinajstić information content (AvgIpc) is 2.29. The van der Waals surface area contributed by atoms with Gasteiger partial charge in [0.2, 0.25) is 0 Å². The van der Waals surface area contributed by atoms with E-state index in [9.17, 15) is 4.79 Å². The van der Waals surface area contributed by atoms with Gasteiger partial charge in [-0.05, 0) is 31.5 Å². The summed E-state index contributed by atoms with van der Waals surface area (Å²) in [7, 11) is 2.08. The Balaban J connectivity index is 2.79. The Bertz CT molecular complexity index is 376. The minimum atomic E-state index is -0.774. The molecule has 1 aromatic rings. The van der Waals surface area contributed by atoms with Gasteiger partial charge in [-0.2, -0.15) is 0 Å². The maximum atomic E-state index is 10.8. The molecule has 0 saturated carbocycles. The molecule has 0 aliphatic rings. The highest BCUT2D eigenvalue weighted by Crippen LogP contribution is 2.14. The molecule has 3 heteroatoms. The highest BCUT2D eigenvalue weighted by molar-refractivity contribution is 5.70. The van der Waals surface area contributed by atoms with Crippen LogP contribution in [-0.2, 0) is 17.8 Å². The summed E-state index contributed by atoms with van der Waals surface area (Å²) >= 11 is 0. The molecule has 0 fully saturated rings. The number of rotatable bonds is 6. The first-order valence-corrected chi connectivity index (χ1v) is 6.03. The second-order valence-corrected chi connectivity index (χ2v) is 4.51. The quantitative estimate of drug-likeness (QED) is 0.823. The van der Waals surface area contributed by atoms with Crippen LogP contribution in [-0.4, -0.2) is 29.1 Å². The summed E-state index contributed by atoms with van der Waals surface area (Å²) in [6.07, 6.45) is 1.20. The van der Waals surface area contributed by atoms with E-state index in [1.54, 1.807) is 0 Å². The minimum Gasteiger partial charge on any atom is -0.481 e. The van der Waals surface area contributed by atoms with Gasteiger partial charge >= 0.3 is 5.97 Å². The van der Waals surface area contributed by atoms with Gasteiger partial charge in [0, 0.05) is 12.6 Å². The molecule has 0 radical (unpaired) electrons. The van der Waals surface area contributed by atoms with Crippen molar-refractivity contribution in [1.29, 1.82) is 0 Å². The molecule has 0 aromatic heterocycles. The fourth-order valence-electron chi connectivity index (χ4n) is 1.78. The molecule has 0 amide bonds. The summed E-state index contributed by atoms with van der Waals surface area (Å²) in [5.74, 6) is -0.774. The van der Waals surface area contributed by atoms with E-state index in [0.29, 0.717) is 6.04 Å². The van der Waals surface area contributed by atoms with E-state index in [4.69, 9.17) is 5.11 Å². The van der Waals surface area contributed by atoms with Gasteiger partial charge in [-0.15, -0.1) is 0 Å². The molecule has 0 aliphatic carbocycles. The number of aliphatic carboxylic acids is 1. The third-order valence-electron chi connectivity index (χ3n) is 3.22. The smallest absolute Gasteiger partial charge is 0.307 e. The van der Waals surface area contributed by atoms with Crippen molar-refractivity contribution >= 4 is 5.97 Å². The Hall–Kier alpha value is -1.35. The Morgan fingerprint density at radius 3 is 2.47 bits per heavy atom. The number of hydrogen-bond acceptors (Lipinski definition) is 2. The average molecular weight is 235 g/mol. The molecule has 1 aromatic carbocycles. The SMILES string of the molecule is CCC(C)N(C)Cc1ccccc1CC(=O)O. The Morgan fingerprint density at radius 2 is 1.94 bits per heavy atom. The van der Waals surface area contributed by atoms with E-state index in [2.05, 4.69) is 25.8 Å². The summed E-state index contributed by atoms with van der Waals surface area (Å²) in [5, 5.41) is 8.87. The number of carboxylic acid groups (broad SMARTS) is 1. The van der Waals surface area contributed by atoms with Crippen molar-refractivity contribution < 1.29 is 9.90 Å². The molecule has 0 bridgehead atoms. The molecule has 0 aliphatic heterocycles. The summed E-state index contributed by atoms with van der Waals surface area (Å²) in [5.41, 5.74) is 2.02. The number of nitrogens with zero attached hydrogens (tertiary/aromatic N) is 1. The number of carbonyl (C=O) groups is 1. The molecule has 17 heavy (non-hydrogen) atoms. The van der Waals surface area contributed by atoms with Crippen LogP contribution in [0.5, 0.6) is 0 Å². The van der Waals surface area contributed by atoms with Crippen molar-refractivity contribution in [2.75, 3.05) is 7.05 Å². The molecule has 94 valence electrons. The molecule has 0 heterocycles. The van der Waals surface area contributed by atoms with Crippen LogP contribution in [0.25, 0.3) is 0 Å². The van der Waals surface area contributed by atoms with E-state index in [1.165, 1.54) is 0 Å². The molecule has 0 saturated heterocycles. The van der Waals surface area contributed by atoms with E-state index in [1.807, 2.05) is 24.3 Å². The zero-order chi connectivity index (χ0) is 12.8. The fourth-order valence-corrected chi connectivity index (χ4v) is 1.78. The van der Waals surface area contributed by atoms with Gasteiger partial charge in [0.1, 0.15) is 0 Å². The van der Waals surface area contributed by atoms with Crippen molar-refractivity contribution in [3.8, 4) is 0 Å². The van der Waals surface area contributed by atoms with Crippen LogP contribution in [0.15, 0.2) is 24.3 Å². The van der Waals surface area contributed by atoms with E-state index < -0.39 is 5.97 Å². The first-order chi connectivity index (χ1) is 8.04. The first kappa shape index (κ1) is 13.7. The standard InChI is InChI=1S/C14H21NO2/c1-4-11(2)15(3)10-13-8-6-5-7-12(13)9-14(16)17/h5-8,11H,4,9-10H2,1-3H3,(H,16,17). The van der Waals surface area contributed by atoms with Gasteiger partial charge in [-0.1, -0.05) is 31.2 Å². The van der Waals surface area contributed by atoms with E-state index >= 15 is 0 Å². The lowest BCUT2D eigenvalue weighted by molar-refractivity contribution is -0.136. The number of benzene rings is 1. The minimum absolute atomic E-state index is 0.102. The van der Waals surface area contributed by atoms with Crippen LogP contribution in [0.2, 0.25) is 0 Å². The van der Waals surface area contributed by atoms with E-state index in [-0.39, 0.29) is 6.42 Å². The Morgan fingerprint density at radius 1 is 1.35 bits per heavy atom. The summed E-state index contributed by atoms with van der Waals surface area (Å²) < 4.78 is 0. The number of carboxylic acids is 1. The lowest BCUT2D eigenvalue weighted by atomic mass is 10.0. The number of hydrogen-bond donors (Lipinski definition) is 1. The lowest BCUT2D eigenvalue weighted by Crippen LogP contribution is -2.28. The lowest BCUT2D eigenvalue weighted by Gasteiger charge is -2.24. The predicted molar refractivity (Wildman–Crippen MR) is 69.0 cm³/mol. The van der Waals surface area contributed by atoms with Gasteiger partial charge in [0.15, 0.2) is 0 Å². The second kappa shape index (κ2) is 6.40. The maximum Gasteiger partial charge on any atom is 0.307 e. The summed E-state index contributed by atoms with van der Waals surface area (Å²) in [6.45, 7) is 5.14. The van der Waals surface area contributed by atoms with Gasteiger partial charge in [-0.3, -0.25) is 9.69 Å². The van der Waals surface area contributed by atoms with Crippen molar-refractivity contribution in [2.45, 2.75) is 39.3 Å². The molecule has 1 N–H and O–H groups in total. The van der Waals surface area contributed by atoms with Crippen molar-refractivity contribution in [3.05, 3.63) is 35.4 Å². The molecule has 1 atom stereocenters. The van der Waals surface area contributed by atoms with Crippen LogP contribution >= 0.6 is 0 Å². The molecule has 1 rings (SSSR count). The fraction of sp³-hybridized carbons (Fsp3) is 0.500. The maximum absolute atomic E-state index is 10.8. The largest absolute Gasteiger partial charge is 0.481 e. The van der Waals surface area contributed by atoms with Crippen LogP contribution < -0.4 is 0 Å². The molecule has 3 nitrogen and oxygen atoms in total. The van der Waals surface area contributed by atoms with Gasteiger partial charge in [-0.25, -0.2) is 0 Å². The zero-order valence-corrected chi connectivity index (χ0v) is 10.8. The van der Waals surface area contributed by atoms with Crippen molar-refractivity contribution in [2.24, 2.45) is 0 Å². The van der Waals surface area contributed by atoms with Gasteiger partial charge in [0.05, 0.1) is 6.42 Å². The predicted octanol–water partition coefficient (Wildman–Crippen LogP) is 2.54. The van der Waals surface area contributed by atoms with Crippen LogP contribution in [0.4, 0.5) is 0 Å². The van der Waals surface area contributed by atoms with Crippen LogP contribution in [0.1, 0.15) is 31.4 Å². The normalized spacial score (nSPS) is 12.7. The summed E-state index contributed by atoms with van der Waals surface area (Å²) in [6, 6.07) is 8.27. The second-order valence-electron chi connectivity index (χ2n) is 4.51. The highest BCUT2D eigenvalue weighted by Gasteiger charge is 2.11. The molecule has 0 spiro atoms. The third-order valence-corrected chi connectivity index (χ3v) is 3.22. The van der Waals surface area contributed by atoms with Crippen LogP contribution in [0.3, 0.4) is 0 Å². The van der Waals surface area contributed by atoms with Gasteiger partial charge < -0.3 is 5.11 Å². The monoisotopic (exact) mass is 235 g/mol. The molecular weight excluding hydrogens is 214 g/mol. The third kappa shape index (κ3) is 4.19. The Kier molecular flexibility index (Phi) is 5.16. The van der Waals surface area contributed by atoms with Crippen LogP contribution in [0, 0.1) is 0 Å². The topological polar surface area (TPSA) is 40.5 Å². The zero-order valence-electron chi connectivity index (χ0n) is 10.8. The molecular formula is C14H21NO2. The Labute approximate surface area is 103 Å². The first-order valence-electron chi connectivity index (χ1n) is 6.03. The van der Waals surface area contributed by atoms with Gasteiger partial charge in [0.25, 0.3) is 0 Å². The summed E-state index contributed by atoms with van der Waals surface area (Å²) in [4.78, 5) is 13.0. The highest BCUT2D eigenvalue weighted by atomic mass is 16.4. The van der Waals surface area contributed by atoms with E-state index in [0.717, 1.165) is 24.1 Å². The molecule has 1 unspecified atom stereocenters.